The summed E-state index contributed by atoms with van der Waals surface area (Å²) in [5, 5.41) is 0.537. The van der Waals surface area contributed by atoms with Crippen molar-refractivity contribution in [3.05, 3.63) is 94.5 Å². The number of anilines is 1. The lowest BCUT2D eigenvalue weighted by atomic mass is 9.72. The molecule has 1 heterocycles. The number of nitrogens with zero attached hydrogens (tertiary/aromatic N) is 2. The molecule has 0 aromatic heterocycles. The molecule has 0 saturated heterocycles. The molecule has 1 saturated carbocycles. The number of benzene rings is 3. The molecule has 3 atom stereocenters. The van der Waals surface area contributed by atoms with Crippen molar-refractivity contribution in [1.29, 1.82) is 0 Å². The molecule has 2 aliphatic rings. The van der Waals surface area contributed by atoms with Crippen LogP contribution in [0.15, 0.2) is 77.8 Å². The maximum atomic E-state index is 13.9. The van der Waals surface area contributed by atoms with Gasteiger partial charge in [-0.1, -0.05) is 65.7 Å². The van der Waals surface area contributed by atoms with E-state index in [1.807, 2.05) is 13.0 Å². The van der Waals surface area contributed by atoms with Crippen LogP contribution in [0.5, 0.6) is 0 Å². The van der Waals surface area contributed by atoms with Crippen LogP contribution in [0, 0.1) is 12.8 Å². The number of amides is 1. The number of carbonyl (C=O) groups excluding carboxylic acids is 2. The van der Waals surface area contributed by atoms with Crippen molar-refractivity contribution >= 4 is 40.4 Å². The van der Waals surface area contributed by atoms with Crippen molar-refractivity contribution in [1.82, 2.24) is 0 Å². The van der Waals surface area contributed by atoms with Gasteiger partial charge in [0.2, 0.25) is 0 Å². The van der Waals surface area contributed by atoms with Gasteiger partial charge in [0.05, 0.1) is 23.3 Å². The molecule has 1 fully saturated rings. The number of Topliss-reactive ketones (excluding diaryl/α,β-unsaturated/α-hetero) is 1. The van der Waals surface area contributed by atoms with Gasteiger partial charge in [-0.3, -0.25) is 19.5 Å². The van der Waals surface area contributed by atoms with Crippen molar-refractivity contribution < 1.29 is 22.8 Å². The first-order valence-corrected chi connectivity index (χ1v) is 11.9. The van der Waals surface area contributed by atoms with Crippen LogP contribution in [-0.2, 0) is 9.59 Å². The van der Waals surface area contributed by atoms with Gasteiger partial charge < -0.3 is 0 Å². The number of hydrogen-bond acceptors (Lipinski definition) is 3. The van der Waals surface area contributed by atoms with E-state index in [1.165, 1.54) is 6.07 Å². The molecular formula is C28H22ClF3N2O2. The van der Waals surface area contributed by atoms with Gasteiger partial charge in [-0.05, 0) is 54.7 Å². The van der Waals surface area contributed by atoms with Crippen molar-refractivity contribution in [2.75, 3.05) is 4.90 Å². The average molecular weight is 511 g/mol. The van der Waals surface area contributed by atoms with Gasteiger partial charge in [0, 0.05) is 17.2 Å². The molecule has 0 radical (unpaired) electrons. The Kier molecular flexibility index (Phi) is 6.20. The quantitative estimate of drug-likeness (QED) is 0.368. The zero-order chi connectivity index (χ0) is 25.6. The minimum atomic E-state index is -5.14. The smallest absolute Gasteiger partial charge is 0.299 e. The van der Waals surface area contributed by atoms with E-state index in [4.69, 9.17) is 16.6 Å². The topological polar surface area (TPSA) is 49.7 Å². The Bertz CT molecular complexity index is 1370. The molecule has 0 bridgehead atoms. The normalized spacial score (nSPS) is 21.8. The van der Waals surface area contributed by atoms with E-state index < -0.39 is 24.0 Å². The molecule has 1 amide bonds. The van der Waals surface area contributed by atoms with Crippen LogP contribution >= 0.6 is 11.6 Å². The second-order valence-electron chi connectivity index (χ2n) is 9.22. The first kappa shape index (κ1) is 24.3. The second-order valence-corrected chi connectivity index (χ2v) is 9.66. The monoisotopic (exact) mass is 510 g/mol. The Morgan fingerprint density at radius 3 is 2.39 bits per heavy atom. The van der Waals surface area contributed by atoms with Crippen LogP contribution in [0.25, 0.3) is 0 Å². The predicted octanol–water partition coefficient (Wildman–Crippen LogP) is 7.13. The molecule has 1 aliphatic carbocycles. The molecule has 4 nitrogen and oxygen atoms in total. The molecule has 0 unspecified atom stereocenters. The fourth-order valence-electron chi connectivity index (χ4n) is 5.17. The Morgan fingerprint density at radius 1 is 0.972 bits per heavy atom. The molecular weight excluding hydrogens is 489 g/mol. The SMILES string of the molecule is Cc1ccc([C@H]2[C@@H]3C(=O)C[C@@H](c4cccc(Cl)c4)CC3=Nc3ccccc3N2C(=O)C(F)(F)F)cc1. The largest absolute Gasteiger partial charge is 0.471 e. The number of rotatable bonds is 2. The van der Waals surface area contributed by atoms with Crippen LogP contribution < -0.4 is 4.90 Å². The summed E-state index contributed by atoms with van der Waals surface area (Å²) in [6, 6.07) is 19.2. The average Bonchev–Trinajstić information content (AvgIpc) is 2.98. The maximum Gasteiger partial charge on any atom is 0.471 e. The van der Waals surface area contributed by atoms with Crippen LogP contribution in [0.1, 0.15) is 41.5 Å². The standard InChI is InChI=1S/C28H22ClF3N2O2/c1-16-9-11-17(12-10-16)26-25-22(14-19(15-24(25)35)18-5-4-6-20(29)13-18)33-21-7-2-3-8-23(21)34(26)27(36)28(30,31)32/h2-13,19,25-26H,14-15H2,1H3/t19-,25-,26-/m0/s1. The fourth-order valence-corrected chi connectivity index (χ4v) is 5.37. The third-order valence-electron chi connectivity index (χ3n) is 6.81. The number of hydrogen-bond donors (Lipinski definition) is 0. The van der Waals surface area contributed by atoms with Gasteiger partial charge in [-0.15, -0.1) is 0 Å². The van der Waals surface area contributed by atoms with E-state index in [-0.39, 0.29) is 29.5 Å². The van der Waals surface area contributed by atoms with E-state index in [9.17, 15) is 22.8 Å². The van der Waals surface area contributed by atoms with Crippen molar-refractivity contribution in [2.24, 2.45) is 10.9 Å². The number of para-hydroxylation sites is 2. The minimum absolute atomic E-state index is 0.0272. The summed E-state index contributed by atoms with van der Waals surface area (Å²) in [4.78, 5) is 32.1. The lowest BCUT2D eigenvalue weighted by Gasteiger charge is -2.39. The van der Waals surface area contributed by atoms with Crippen LogP contribution in [0.2, 0.25) is 5.02 Å². The number of ketones is 1. The van der Waals surface area contributed by atoms with Crippen molar-refractivity contribution in [2.45, 2.75) is 37.9 Å². The van der Waals surface area contributed by atoms with E-state index in [2.05, 4.69) is 0 Å². The highest BCUT2D eigenvalue weighted by atomic mass is 35.5. The highest BCUT2D eigenvalue weighted by Gasteiger charge is 2.52. The fraction of sp³-hybridized carbons (Fsp3) is 0.250. The molecule has 0 N–H and O–H groups in total. The third kappa shape index (κ3) is 4.44. The number of aliphatic imine (C=N–C) groups is 1. The van der Waals surface area contributed by atoms with Crippen molar-refractivity contribution in [3.8, 4) is 0 Å². The molecule has 8 heteroatoms. The third-order valence-corrected chi connectivity index (χ3v) is 7.04. The van der Waals surface area contributed by atoms with Gasteiger partial charge >= 0.3 is 12.1 Å². The number of fused-ring (bicyclic) bond motifs is 2. The van der Waals surface area contributed by atoms with E-state index in [0.29, 0.717) is 22.7 Å². The maximum absolute atomic E-state index is 13.9. The summed E-state index contributed by atoms with van der Waals surface area (Å²) in [5.41, 5.74) is 2.94. The Balaban J connectivity index is 1.70. The number of halogens is 4. The Labute approximate surface area is 211 Å². The summed E-state index contributed by atoms with van der Waals surface area (Å²) < 4.78 is 41.8. The number of aryl methyl sites for hydroxylation is 1. The minimum Gasteiger partial charge on any atom is -0.299 e. The van der Waals surface area contributed by atoms with Crippen LogP contribution in [0.3, 0.4) is 0 Å². The van der Waals surface area contributed by atoms with Gasteiger partial charge in [-0.25, -0.2) is 0 Å². The summed E-state index contributed by atoms with van der Waals surface area (Å²) in [7, 11) is 0. The van der Waals surface area contributed by atoms with Gasteiger partial charge in [-0.2, -0.15) is 13.2 Å². The summed E-state index contributed by atoms with van der Waals surface area (Å²) in [6.07, 6.45) is -4.67. The molecule has 0 spiro atoms. The zero-order valence-corrected chi connectivity index (χ0v) is 20.1. The second kappa shape index (κ2) is 9.21. The number of alkyl halides is 3. The zero-order valence-electron chi connectivity index (χ0n) is 19.3. The molecule has 5 rings (SSSR count). The first-order chi connectivity index (χ1) is 17.1. The molecule has 3 aromatic carbocycles. The summed E-state index contributed by atoms with van der Waals surface area (Å²) in [6.45, 7) is 1.86. The van der Waals surface area contributed by atoms with Gasteiger partial charge in [0.15, 0.2) is 0 Å². The van der Waals surface area contributed by atoms with E-state index >= 15 is 0 Å². The molecule has 1 aliphatic heterocycles. The predicted molar refractivity (Wildman–Crippen MR) is 133 cm³/mol. The van der Waals surface area contributed by atoms with Gasteiger partial charge in [0.25, 0.3) is 0 Å². The van der Waals surface area contributed by atoms with Crippen LogP contribution in [0.4, 0.5) is 24.5 Å². The number of carbonyl (C=O) groups is 2. The highest BCUT2D eigenvalue weighted by molar-refractivity contribution is 6.30. The highest BCUT2D eigenvalue weighted by Crippen LogP contribution is 2.48. The van der Waals surface area contributed by atoms with Crippen molar-refractivity contribution in [3.63, 3.8) is 0 Å². The Hall–Kier alpha value is -3.45. The first-order valence-electron chi connectivity index (χ1n) is 11.5. The summed E-state index contributed by atoms with van der Waals surface area (Å²) >= 11 is 6.18. The Morgan fingerprint density at radius 2 is 1.69 bits per heavy atom. The molecule has 3 aromatic rings. The van der Waals surface area contributed by atoms with E-state index in [0.717, 1.165) is 16.0 Å². The lowest BCUT2D eigenvalue weighted by molar-refractivity contribution is -0.171. The molecule has 36 heavy (non-hydrogen) atoms. The van der Waals surface area contributed by atoms with Crippen LogP contribution in [-0.4, -0.2) is 23.6 Å². The summed E-state index contributed by atoms with van der Waals surface area (Å²) in [5.74, 6) is -3.52. The lowest BCUT2D eigenvalue weighted by Crippen LogP contribution is -2.49. The molecule has 184 valence electrons. The van der Waals surface area contributed by atoms with Gasteiger partial charge in [0.1, 0.15) is 5.78 Å². The van der Waals surface area contributed by atoms with E-state index in [1.54, 1.807) is 60.7 Å².